The largest absolute Gasteiger partial charge is 0.495 e. The lowest BCUT2D eigenvalue weighted by Crippen LogP contribution is -2.31. The third-order valence-electron chi connectivity index (χ3n) is 9.97. The summed E-state index contributed by atoms with van der Waals surface area (Å²) in [5.74, 6) is 9.11. The summed E-state index contributed by atoms with van der Waals surface area (Å²) in [7, 11) is -3.09. The minimum atomic E-state index is -3.14. The number of sulfone groups is 1. The van der Waals surface area contributed by atoms with Crippen molar-refractivity contribution in [2.24, 2.45) is 0 Å². The molecule has 1 N–H and O–H groups in total. The third kappa shape index (κ3) is 15.9. The SMILES string of the molecule is C.C#Cc1cc(N2C=CC(=O)CC2=O)cc(C(C)(C)C)c1OC.COc1c(C#Cc2ccc(CS(C)(=O)=O)cc2)cc(N2C=CC(=O)CC2=O)cc1C(C)(C)C.Cc1ccc(NS(C)(=O)=O)cc1. The maximum atomic E-state index is 12.5. The Kier molecular flexibility index (Phi) is 18.5. The van der Waals surface area contributed by atoms with Crippen molar-refractivity contribution in [3.63, 3.8) is 0 Å². The molecular weight excluding hydrogens is 903 g/mol. The van der Waals surface area contributed by atoms with Gasteiger partial charge in [-0.25, -0.2) is 16.8 Å². The second-order valence-electron chi connectivity index (χ2n) is 18.0. The summed E-state index contributed by atoms with van der Waals surface area (Å²) in [6.45, 7) is 14.2. The van der Waals surface area contributed by atoms with Crippen molar-refractivity contribution in [2.45, 2.75) is 85.3 Å². The summed E-state index contributed by atoms with van der Waals surface area (Å²) >= 11 is 0. The van der Waals surface area contributed by atoms with Crippen molar-refractivity contribution in [3.05, 3.63) is 136 Å². The Bertz CT molecular complexity index is 2940. The Hall–Kier alpha value is -6.94. The molecule has 6 rings (SSSR count). The second-order valence-corrected chi connectivity index (χ2v) is 21.9. The Morgan fingerprint density at radius 1 is 0.662 bits per heavy atom. The number of rotatable bonds is 8. The van der Waals surface area contributed by atoms with Crippen molar-refractivity contribution in [1.29, 1.82) is 0 Å². The number of nitrogens with one attached hydrogen (secondary N) is 1. The summed E-state index contributed by atoms with van der Waals surface area (Å²) in [6.07, 6.45) is 13.4. The molecular formula is C53H61N3O10S2. The van der Waals surface area contributed by atoms with E-state index in [1.165, 1.54) is 40.6 Å². The van der Waals surface area contributed by atoms with Gasteiger partial charge < -0.3 is 9.47 Å². The number of amides is 2. The molecule has 15 heteroatoms. The minimum Gasteiger partial charge on any atom is -0.495 e. The van der Waals surface area contributed by atoms with Crippen LogP contribution in [0.15, 0.2) is 97.3 Å². The van der Waals surface area contributed by atoms with Crippen molar-refractivity contribution >= 4 is 60.3 Å². The fourth-order valence-corrected chi connectivity index (χ4v) is 8.11. The van der Waals surface area contributed by atoms with E-state index in [0.29, 0.717) is 45.3 Å². The van der Waals surface area contributed by atoms with Crippen LogP contribution in [0.2, 0.25) is 0 Å². The zero-order chi connectivity index (χ0) is 50.1. The fourth-order valence-electron chi connectivity index (χ4n) is 6.75. The average molecular weight is 964 g/mol. The summed E-state index contributed by atoms with van der Waals surface area (Å²) in [6, 6.07) is 21.5. The molecule has 0 radical (unpaired) electrons. The van der Waals surface area contributed by atoms with Gasteiger partial charge >= 0.3 is 0 Å². The van der Waals surface area contributed by atoms with Crippen LogP contribution in [-0.2, 0) is 55.6 Å². The number of ether oxygens (including phenoxy) is 2. The predicted molar refractivity (Wildman–Crippen MR) is 271 cm³/mol. The third-order valence-corrected chi connectivity index (χ3v) is 11.4. The van der Waals surface area contributed by atoms with Gasteiger partial charge in [-0.3, -0.25) is 33.7 Å². The molecule has 2 heterocycles. The number of nitrogens with zero attached hydrogens (tertiary/aromatic N) is 2. The van der Waals surface area contributed by atoms with E-state index in [9.17, 15) is 36.0 Å². The first-order chi connectivity index (χ1) is 31.1. The van der Waals surface area contributed by atoms with E-state index >= 15 is 0 Å². The van der Waals surface area contributed by atoms with E-state index in [-0.39, 0.29) is 60.2 Å². The Morgan fingerprint density at radius 3 is 1.49 bits per heavy atom. The lowest BCUT2D eigenvalue weighted by atomic mass is 9.84. The molecule has 0 fully saturated rings. The number of benzene rings is 4. The molecule has 0 unspecified atom stereocenters. The highest BCUT2D eigenvalue weighted by Gasteiger charge is 2.28. The summed E-state index contributed by atoms with van der Waals surface area (Å²) in [5.41, 5.74) is 6.88. The molecule has 0 atom stereocenters. The molecule has 4 aromatic carbocycles. The van der Waals surface area contributed by atoms with Gasteiger partial charge in [-0.05, 0) is 84.0 Å². The lowest BCUT2D eigenvalue weighted by molar-refractivity contribution is -0.126. The van der Waals surface area contributed by atoms with E-state index in [2.05, 4.69) is 22.5 Å². The highest BCUT2D eigenvalue weighted by atomic mass is 32.2. The van der Waals surface area contributed by atoms with Crippen LogP contribution >= 0.6 is 0 Å². The number of hydrogen-bond donors (Lipinski definition) is 1. The van der Waals surface area contributed by atoms with E-state index in [1.54, 1.807) is 62.8 Å². The zero-order valence-corrected chi connectivity index (χ0v) is 41.4. The van der Waals surface area contributed by atoms with Gasteiger partial charge in [-0.15, -0.1) is 6.42 Å². The van der Waals surface area contributed by atoms with Crippen LogP contribution in [-0.4, -0.2) is 66.9 Å². The van der Waals surface area contributed by atoms with Crippen LogP contribution < -0.4 is 24.0 Å². The molecule has 2 aliphatic heterocycles. The van der Waals surface area contributed by atoms with Crippen LogP contribution in [0.5, 0.6) is 11.5 Å². The van der Waals surface area contributed by atoms with Gasteiger partial charge in [0, 0.05) is 41.0 Å². The Labute approximate surface area is 402 Å². The van der Waals surface area contributed by atoms with Crippen LogP contribution in [0.1, 0.15) is 101 Å². The van der Waals surface area contributed by atoms with Crippen LogP contribution in [0.25, 0.3) is 0 Å². The molecule has 68 heavy (non-hydrogen) atoms. The zero-order valence-electron chi connectivity index (χ0n) is 39.7. The number of carbonyl (C=O) groups excluding carboxylic acids is 4. The van der Waals surface area contributed by atoms with E-state index in [1.807, 2.05) is 72.7 Å². The average Bonchev–Trinajstić information content (AvgIpc) is 3.22. The van der Waals surface area contributed by atoms with Crippen molar-refractivity contribution < 1.29 is 45.5 Å². The van der Waals surface area contributed by atoms with Crippen molar-refractivity contribution in [2.75, 3.05) is 41.3 Å². The number of methoxy groups -OCH3 is 2. The molecule has 0 spiro atoms. The van der Waals surface area contributed by atoms with Gasteiger partial charge in [0.2, 0.25) is 21.8 Å². The summed E-state index contributed by atoms with van der Waals surface area (Å²) < 4.78 is 58.1. The maximum Gasteiger partial charge on any atom is 0.238 e. The minimum absolute atomic E-state index is 0. The molecule has 0 saturated heterocycles. The number of allylic oxidation sites excluding steroid dienone is 2. The quantitative estimate of drug-likeness (QED) is 0.133. The molecule has 0 aliphatic carbocycles. The van der Waals surface area contributed by atoms with Crippen LogP contribution in [0.3, 0.4) is 0 Å². The van der Waals surface area contributed by atoms with Crippen LogP contribution in [0.4, 0.5) is 17.1 Å². The number of ketones is 2. The normalized spacial score (nSPS) is 13.7. The first-order valence-corrected chi connectivity index (χ1v) is 24.9. The van der Waals surface area contributed by atoms with Gasteiger partial charge in [0.1, 0.15) is 11.5 Å². The van der Waals surface area contributed by atoms with Gasteiger partial charge in [0.05, 0.1) is 61.6 Å². The Balaban J connectivity index is 0.000000300. The molecule has 2 aliphatic rings. The molecule has 2 amide bonds. The number of terminal acetylenes is 1. The highest BCUT2D eigenvalue weighted by Crippen LogP contribution is 2.39. The molecule has 0 saturated carbocycles. The molecule has 13 nitrogen and oxygen atoms in total. The monoisotopic (exact) mass is 963 g/mol. The summed E-state index contributed by atoms with van der Waals surface area (Å²) in [4.78, 5) is 50.4. The first-order valence-electron chi connectivity index (χ1n) is 20.9. The lowest BCUT2D eigenvalue weighted by Gasteiger charge is -2.27. The molecule has 4 aromatic rings. The van der Waals surface area contributed by atoms with E-state index in [0.717, 1.165) is 28.5 Å². The number of hydrogen-bond acceptors (Lipinski definition) is 10. The van der Waals surface area contributed by atoms with E-state index in [4.69, 9.17) is 15.9 Å². The predicted octanol–water partition coefficient (Wildman–Crippen LogP) is 8.55. The number of sulfonamides is 1. The van der Waals surface area contributed by atoms with Crippen LogP contribution in [0, 0.1) is 31.1 Å². The fraction of sp³-hybridized carbons (Fsp3) is 0.321. The van der Waals surface area contributed by atoms with Gasteiger partial charge in [0.15, 0.2) is 21.4 Å². The molecule has 360 valence electrons. The summed E-state index contributed by atoms with van der Waals surface area (Å²) in [5, 5.41) is 0. The topological polar surface area (TPSA) is 174 Å². The smallest absolute Gasteiger partial charge is 0.238 e. The molecule has 0 aromatic heterocycles. The number of aryl methyl sites for hydroxylation is 1. The first kappa shape index (κ1) is 55.4. The Morgan fingerprint density at radius 2 is 1.10 bits per heavy atom. The number of anilines is 3. The second kappa shape index (κ2) is 22.7. The van der Waals surface area contributed by atoms with Gasteiger partial charge in [-0.1, -0.05) is 96.6 Å². The maximum absolute atomic E-state index is 12.5. The standard InChI is InChI=1S/C26H27NO5S.C18H19NO3.C8H11NO2S.CH4/c1-26(2,3)23-15-21(27-13-12-22(28)16-24(27)29)14-20(25(23)32-4)11-10-18-6-8-19(9-7-18)17-33(5,30)31;1-6-12-9-13(19-8-7-14(20)11-16(19)21)10-15(17(12)22-5)18(2,3)4;1-7-3-5-8(6-4-7)9-12(2,10)11;/h6-9,12-15H,16-17H2,1-5H3;1,7-10H,11H2,2-5H3;3-6,9H,1-2H3;1H4. The van der Waals surface area contributed by atoms with E-state index < -0.39 is 19.9 Å². The van der Waals surface area contributed by atoms with Gasteiger partial charge in [-0.2, -0.15) is 0 Å². The molecule has 0 bridgehead atoms. The number of carbonyl (C=O) groups is 4. The van der Waals surface area contributed by atoms with Crippen molar-refractivity contribution in [3.8, 4) is 35.7 Å². The highest BCUT2D eigenvalue weighted by molar-refractivity contribution is 7.92. The van der Waals surface area contributed by atoms with Gasteiger partial charge in [0.25, 0.3) is 0 Å². The van der Waals surface area contributed by atoms with Crippen molar-refractivity contribution in [1.82, 2.24) is 0 Å².